The van der Waals surface area contributed by atoms with Crippen LogP contribution in [-0.4, -0.2) is 44.3 Å². The molecule has 1 aromatic heterocycles. The van der Waals surface area contributed by atoms with Gasteiger partial charge in [-0.3, -0.25) is 4.99 Å². The van der Waals surface area contributed by atoms with E-state index in [1.807, 2.05) is 20.8 Å². The molecule has 138 valence electrons. The van der Waals surface area contributed by atoms with Crippen molar-refractivity contribution in [1.29, 1.82) is 0 Å². The number of hydrogen-bond donors (Lipinski definition) is 3. The Labute approximate surface area is 165 Å². The molecule has 1 aromatic rings. The third-order valence-corrected chi connectivity index (χ3v) is 3.72. The van der Waals surface area contributed by atoms with Gasteiger partial charge in [0.1, 0.15) is 5.60 Å². The van der Waals surface area contributed by atoms with Crippen molar-refractivity contribution in [3.63, 3.8) is 0 Å². The fourth-order valence-corrected chi connectivity index (χ4v) is 2.49. The Kier molecular flexibility index (Phi) is 11.8. The lowest BCUT2D eigenvalue weighted by Gasteiger charge is -2.19. The predicted molar refractivity (Wildman–Crippen MR) is 112 cm³/mol. The number of hydrogen-bond acceptors (Lipinski definition) is 4. The van der Waals surface area contributed by atoms with Crippen LogP contribution in [0.1, 0.15) is 32.1 Å². The molecular formula is C16H29IN4O2S. The first kappa shape index (κ1) is 23.0. The molecule has 0 saturated heterocycles. The molecule has 0 unspecified atom stereocenters. The van der Waals surface area contributed by atoms with E-state index in [1.54, 1.807) is 18.4 Å². The van der Waals surface area contributed by atoms with Crippen molar-refractivity contribution in [3.05, 3.63) is 22.4 Å². The van der Waals surface area contributed by atoms with Gasteiger partial charge in [0.05, 0.1) is 0 Å². The number of carbonyl (C=O) groups is 1. The van der Waals surface area contributed by atoms with Gasteiger partial charge >= 0.3 is 6.09 Å². The Balaban J connectivity index is 0.00000529. The number of alkyl carbamates (subject to hydrolysis) is 1. The molecule has 0 saturated carbocycles. The van der Waals surface area contributed by atoms with Gasteiger partial charge in [0, 0.05) is 31.6 Å². The van der Waals surface area contributed by atoms with Crippen LogP contribution in [-0.2, 0) is 11.2 Å². The molecule has 0 bridgehead atoms. The Morgan fingerprint density at radius 1 is 1.21 bits per heavy atom. The van der Waals surface area contributed by atoms with Crippen LogP contribution in [0, 0.1) is 0 Å². The van der Waals surface area contributed by atoms with Gasteiger partial charge in [-0.05, 0) is 45.1 Å². The minimum absolute atomic E-state index is 0. The lowest BCUT2D eigenvalue weighted by Crippen LogP contribution is -2.40. The number of carbonyl (C=O) groups excluding carboxylic acids is 1. The second-order valence-electron chi connectivity index (χ2n) is 6.04. The zero-order valence-corrected chi connectivity index (χ0v) is 18.0. The summed E-state index contributed by atoms with van der Waals surface area (Å²) in [4.78, 5) is 17.0. The summed E-state index contributed by atoms with van der Waals surface area (Å²) in [7, 11) is 1.75. The molecule has 0 radical (unpaired) electrons. The fourth-order valence-electron chi connectivity index (χ4n) is 1.78. The number of guanidine groups is 1. The smallest absolute Gasteiger partial charge is 0.407 e. The van der Waals surface area contributed by atoms with Crippen molar-refractivity contribution in [3.8, 4) is 0 Å². The van der Waals surface area contributed by atoms with Gasteiger partial charge in [-0.15, -0.1) is 35.3 Å². The van der Waals surface area contributed by atoms with Gasteiger partial charge in [0.15, 0.2) is 5.96 Å². The maximum Gasteiger partial charge on any atom is 0.407 e. The number of halogens is 1. The first-order valence-electron chi connectivity index (χ1n) is 7.84. The lowest BCUT2D eigenvalue weighted by molar-refractivity contribution is 0.0527. The van der Waals surface area contributed by atoms with Gasteiger partial charge in [-0.2, -0.15) is 0 Å². The molecule has 0 aliphatic rings. The zero-order valence-electron chi connectivity index (χ0n) is 14.8. The van der Waals surface area contributed by atoms with Crippen LogP contribution in [0.15, 0.2) is 22.5 Å². The van der Waals surface area contributed by atoms with Crippen LogP contribution in [0.4, 0.5) is 4.79 Å². The highest BCUT2D eigenvalue weighted by Gasteiger charge is 2.15. The largest absolute Gasteiger partial charge is 0.444 e. The van der Waals surface area contributed by atoms with Crippen LogP contribution in [0.3, 0.4) is 0 Å². The van der Waals surface area contributed by atoms with E-state index in [0.717, 1.165) is 31.9 Å². The van der Waals surface area contributed by atoms with Crippen molar-refractivity contribution >= 4 is 47.4 Å². The predicted octanol–water partition coefficient (Wildman–Crippen LogP) is 2.99. The summed E-state index contributed by atoms with van der Waals surface area (Å²) in [6.45, 7) is 7.68. The van der Waals surface area contributed by atoms with Gasteiger partial charge in [0.25, 0.3) is 0 Å². The average Bonchev–Trinajstić information content (AvgIpc) is 2.96. The normalized spacial score (nSPS) is 11.4. The average molecular weight is 468 g/mol. The van der Waals surface area contributed by atoms with Crippen LogP contribution in [0.2, 0.25) is 0 Å². The Bertz CT molecular complexity index is 487. The maximum absolute atomic E-state index is 11.5. The summed E-state index contributed by atoms with van der Waals surface area (Å²) in [6, 6.07) is 4.19. The molecule has 0 aliphatic heterocycles. The van der Waals surface area contributed by atoms with Gasteiger partial charge in [0.2, 0.25) is 0 Å². The molecule has 1 heterocycles. The highest BCUT2D eigenvalue weighted by molar-refractivity contribution is 14.0. The molecule has 8 heteroatoms. The topological polar surface area (TPSA) is 74.8 Å². The third-order valence-electron chi connectivity index (χ3n) is 2.78. The van der Waals surface area contributed by atoms with E-state index in [1.165, 1.54) is 4.88 Å². The molecule has 0 atom stereocenters. The monoisotopic (exact) mass is 468 g/mol. The second-order valence-corrected chi connectivity index (χ2v) is 7.07. The Morgan fingerprint density at radius 2 is 1.88 bits per heavy atom. The molecule has 0 fully saturated rings. The van der Waals surface area contributed by atoms with E-state index in [2.05, 4.69) is 38.5 Å². The molecule has 0 aromatic carbocycles. The quantitative estimate of drug-likeness (QED) is 0.249. The van der Waals surface area contributed by atoms with Gasteiger partial charge < -0.3 is 20.7 Å². The number of nitrogens with one attached hydrogen (secondary N) is 3. The van der Waals surface area contributed by atoms with Crippen molar-refractivity contribution in [2.24, 2.45) is 4.99 Å². The first-order chi connectivity index (χ1) is 10.9. The molecule has 6 nitrogen and oxygen atoms in total. The Hall–Kier alpha value is -1.03. The van der Waals surface area contributed by atoms with E-state index in [4.69, 9.17) is 4.74 Å². The molecule has 0 spiro atoms. The summed E-state index contributed by atoms with van der Waals surface area (Å²) >= 11 is 1.76. The summed E-state index contributed by atoms with van der Waals surface area (Å²) < 4.78 is 5.17. The summed E-state index contributed by atoms with van der Waals surface area (Å²) in [6.07, 6.45) is 1.40. The Morgan fingerprint density at radius 3 is 2.46 bits per heavy atom. The van der Waals surface area contributed by atoms with Crippen LogP contribution in [0.5, 0.6) is 0 Å². The number of thiophene rings is 1. The van der Waals surface area contributed by atoms with Crippen LogP contribution >= 0.6 is 35.3 Å². The molecule has 24 heavy (non-hydrogen) atoms. The van der Waals surface area contributed by atoms with E-state index in [-0.39, 0.29) is 30.1 Å². The lowest BCUT2D eigenvalue weighted by atomic mass is 10.2. The van der Waals surface area contributed by atoms with E-state index >= 15 is 0 Å². The highest BCUT2D eigenvalue weighted by atomic mass is 127. The minimum atomic E-state index is -0.461. The van der Waals surface area contributed by atoms with E-state index in [0.29, 0.717) is 6.54 Å². The SMILES string of the molecule is CN=C(NCCCNC(=O)OC(C)(C)C)NCCc1cccs1.I. The molecule has 1 amide bonds. The summed E-state index contributed by atoms with van der Waals surface area (Å²) in [5, 5.41) is 11.3. The van der Waals surface area contributed by atoms with Gasteiger partial charge in [-0.1, -0.05) is 6.07 Å². The fraction of sp³-hybridized carbons (Fsp3) is 0.625. The minimum Gasteiger partial charge on any atom is -0.444 e. The van der Waals surface area contributed by atoms with Crippen molar-refractivity contribution in [2.45, 2.75) is 39.2 Å². The van der Waals surface area contributed by atoms with Crippen LogP contribution < -0.4 is 16.0 Å². The highest BCUT2D eigenvalue weighted by Crippen LogP contribution is 2.08. The molecular weight excluding hydrogens is 439 g/mol. The van der Waals surface area contributed by atoms with Crippen LogP contribution in [0.25, 0.3) is 0 Å². The summed E-state index contributed by atoms with van der Waals surface area (Å²) in [5.41, 5.74) is -0.461. The summed E-state index contributed by atoms with van der Waals surface area (Å²) in [5.74, 6) is 0.777. The second kappa shape index (κ2) is 12.3. The van der Waals surface area contributed by atoms with Crippen molar-refractivity contribution in [1.82, 2.24) is 16.0 Å². The molecule has 3 N–H and O–H groups in total. The number of amides is 1. The van der Waals surface area contributed by atoms with E-state index in [9.17, 15) is 4.79 Å². The number of aliphatic imine (C=N–C) groups is 1. The zero-order chi connectivity index (χ0) is 17.1. The molecule has 0 aliphatic carbocycles. The number of ether oxygens (including phenoxy) is 1. The first-order valence-corrected chi connectivity index (χ1v) is 8.72. The maximum atomic E-state index is 11.5. The number of rotatable bonds is 7. The standard InChI is InChI=1S/C16H28N4O2S.HI/c1-16(2,3)22-15(21)20-10-6-9-18-14(17-4)19-11-8-13-7-5-12-23-13;/h5,7,12H,6,8-11H2,1-4H3,(H,20,21)(H2,17,18,19);1H. The van der Waals surface area contributed by atoms with Crippen molar-refractivity contribution in [2.75, 3.05) is 26.7 Å². The van der Waals surface area contributed by atoms with Gasteiger partial charge in [-0.25, -0.2) is 4.79 Å². The van der Waals surface area contributed by atoms with Crippen molar-refractivity contribution < 1.29 is 9.53 Å². The van der Waals surface area contributed by atoms with E-state index < -0.39 is 5.60 Å². The number of nitrogens with zero attached hydrogens (tertiary/aromatic N) is 1. The third kappa shape index (κ3) is 11.5. The molecule has 1 rings (SSSR count).